The summed E-state index contributed by atoms with van der Waals surface area (Å²) in [6, 6.07) is 0. The molecule has 0 amide bonds. The van der Waals surface area contributed by atoms with Gasteiger partial charge < -0.3 is 14.6 Å². The summed E-state index contributed by atoms with van der Waals surface area (Å²) in [5, 5.41) is 9.59. The summed E-state index contributed by atoms with van der Waals surface area (Å²) in [4.78, 5) is 24.3. The highest BCUT2D eigenvalue weighted by atomic mass is 16.6. The third-order valence-electron chi connectivity index (χ3n) is 10.3. The van der Waals surface area contributed by atoms with Crippen LogP contribution in [-0.4, -0.2) is 36.4 Å². The monoisotopic (exact) mass is 721 g/mol. The van der Waals surface area contributed by atoms with E-state index in [0.717, 1.165) is 38.5 Å². The lowest BCUT2D eigenvalue weighted by Gasteiger charge is -2.15. The number of aliphatic hydroxyl groups is 1. The van der Waals surface area contributed by atoms with E-state index < -0.39 is 6.10 Å². The lowest BCUT2D eigenvalue weighted by molar-refractivity contribution is -0.161. The van der Waals surface area contributed by atoms with Crippen LogP contribution in [0.2, 0.25) is 0 Å². The third-order valence-corrected chi connectivity index (χ3v) is 10.3. The first kappa shape index (κ1) is 49.6. The van der Waals surface area contributed by atoms with Gasteiger partial charge in [-0.3, -0.25) is 9.59 Å². The van der Waals surface area contributed by atoms with Crippen LogP contribution >= 0.6 is 0 Å². The van der Waals surface area contributed by atoms with Crippen molar-refractivity contribution in [3.05, 3.63) is 12.2 Å². The van der Waals surface area contributed by atoms with E-state index in [0.29, 0.717) is 12.8 Å². The molecule has 0 aromatic carbocycles. The van der Waals surface area contributed by atoms with Gasteiger partial charge in [-0.2, -0.15) is 0 Å². The fourth-order valence-corrected chi connectivity index (χ4v) is 6.85. The number of esters is 2. The van der Waals surface area contributed by atoms with Gasteiger partial charge in [0.25, 0.3) is 0 Å². The molecule has 0 aromatic heterocycles. The van der Waals surface area contributed by atoms with Crippen LogP contribution in [0.25, 0.3) is 0 Å². The maximum atomic E-state index is 12.2. The summed E-state index contributed by atoms with van der Waals surface area (Å²) >= 11 is 0. The molecule has 1 atom stereocenters. The predicted octanol–water partition coefficient (Wildman–Crippen LogP) is 14.5. The van der Waals surface area contributed by atoms with Gasteiger partial charge in [-0.1, -0.05) is 212 Å². The van der Waals surface area contributed by atoms with Crippen molar-refractivity contribution >= 4 is 11.9 Å². The largest absolute Gasteiger partial charge is 0.462 e. The predicted molar refractivity (Wildman–Crippen MR) is 219 cm³/mol. The zero-order valence-corrected chi connectivity index (χ0v) is 34.4. The van der Waals surface area contributed by atoms with Gasteiger partial charge in [0.05, 0.1) is 6.61 Å². The van der Waals surface area contributed by atoms with E-state index in [1.165, 1.54) is 186 Å². The van der Waals surface area contributed by atoms with Gasteiger partial charge >= 0.3 is 11.9 Å². The zero-order chi connectivity index (χ0) is 37.1. The fraction of sp³-hybridized carbons (Fsp3) is 0.913. The topological polar surface area (TPSA) is 72.8 Å². The molecule has 0 heterocycles. The second-order valence-corrected chi connectivity index (χ2v) is 15.5. The number of hydrogen-bond acceptors (Lipinski definition) is 5. The van der Waals surface area contributed by atoms with Crippen LogP contribution in [0.1, 0.15) is 251 Å². The molecular weight excluding hydrogens is 633 g/mol. The highest BCUT2D eigenvalue weighted by Gasteiger charge is 2.16. The molecule has 5 nitrogen and oxygen atoms in total. The molecule has 0 bridgehead atoms. The van der Waals surface area contributed by atoms with E-state index in [4.69, 9.17) is 9.47 Å². The van der Waals surface area contributed by atoms with Crippen LogP contribution in [0.15, 0.2) is 12.2 Å². The molecular formula is C46H88O5. The molecule has 0 aliphatic carbocycles. The minimum atomic E-state index is -0.766. The summed E-state index contributed by atoms with van der Waals surface area (Å²) in [6.45, 7) is 4.17. The Morgan fingerprint density at radius 3 is 1.06 bits per heavy atom. The van der Waals surface area contributed by atoms with E-state index in [1.807, 2.05) is 0 Å². The van der Waals surface area contributed by atoms with Gasteiger partial charge in [-0.05, 0) is 38.5 Å². The highest BCUT2D eigenvalue weighted by molar-refractivity contribution is 5.70. The van der Waals surface area contributed by atoms with Crippen molar-refractivity contribution < 1.29 is 24.2 Å². The molecule has 0 rings (SSSR count). The van der Waals surface area contributed by atoms with Crippen molar-refractivity contribution in [1.82, 2.24) is 0 Å². The number of carbonyl (C=O) groups is 2. The second-order valence-electron chi connectivity index (χ2n) is 15.5. The van der Waals surface area contributed by atoms with Crippen molar-refractivity contribution in [3.8, 4) is 0 Å². The second kappa shape index (κ2) is 43.0. The minimum Gasteiger partial charge on any atom is -0.462 e. The number of aliphatic hydroxyl groups excluding tert-OH is 1. The van der Waals surface area contributed by atoms with Crippen LogP contribution in [-0.2, 0) is 19.1 Å². The Bertz CT molecular complexity index is 735. The molecule has 0 fully saturated rings. The summed E-state index contributed by atoms with van der Waals surface area (Å²) in [5.41, 5.74) is 0. The van der Waals surface area contributed by atoms with Crippen LogP contribution in [0.3, 0.4) is 0 Å². The highest BCUT2D eigenvalue weighted by Crippen LogP contribution is 2.16. The van der Waals surface area contributed by atoms with Crippen molar-refractivity contribution in [1.29, 1.82) is 0 Å². The SMILES string of the molecule is CCCCCCCC/C=C/CCCCCCCCCCCC(=O)OC[C@H](CO)OC(=O)CCCCCCCCCCCCCCCCCCCC. The van der Waals surface area contributed by atoms with Crippen molar-refractivity contribution in [2.24, 2.45) is 0 Å². The zero-order valence-electron chi connectivity index (χ0n) is 34.4. The van der Waals surface area contributed by atoms with Gasteiger partial charge in [0.15, 0.2) is 6.10 Å². The molecule has 5 heteroatoms. The Morgan fingerprint density at radius 1 is 0.431 bits per heavy atom. The summed E-state index contributed by atoms with van der Waals surface area (Å²) < 4.78 is 10.7. The van der Waals surface area contributed by atoms with E-state index in [-0.39, 0.29) is 25.2 Å². The van der Waals surface area contributed by atoms with E-state index in [1.54, 1.807) is 0 Å². The molecule has 0 saturated carbocycles. The Balaban J connectivity index is 3.48. The standard InChI is InChI=1S/C46H88O5/c1-3-5-7-9-11-13-15-17-19-21-23-25-26-28-30-32-34-36-38-40-45(48)50-43-44(42-47)51-46(49)41-39-37-35-33-31-29-27-24-22-20-18-16-14-12-10-8-6-4-2/h17,19,44,47H,3-16,18,20-43H2,1-2H3/b19-17+/t44-/m0/s1. The number of hydrogen-bond donors (Lipinski definition) is 1. The Hall–Kier alpha value is -1.36. The molecule has 0 unspecified atom stereocenters. The number of unbranched alkanes of at least 4 members (excludes halogenated alkanes) is 32. The van der Waals surface area contributed by atoms with E-state index >= 15 is 0 Å². The molecule has 0 aliphatic rings. The molecule has 0 aromatic rings. The van der Waals surface area contributed by atoms with Crippen molar-refractivity contribution in [2.75, 3.05) is 13.2 Å². The average Bonchev–Trinajstić information content (AvgIpc) is 3.13. The van der Waals surface area contributed by atoms with E-state index in [9.17, 15) is 14.7 Å². The minimum absolute atomic E-state index is 0.0604. The normalized spacial score (nSPS) is 12.1. The summed E-state index contributed by atoms with van der Waals surface area (Å²) in [5.74, 6) is -0.578. The maximum Gasteiger partial charge on any atom is 0.306 e. The van der Waals surface area contributed by atoms with Crippen LogP contribution in [0.4, 0.5) is 0 Å². The average molecular weight is 721 g/mol. The van der Waals surface area contributed by atoms with Gasteiger partial charge in [-0.25, -0.2) is 0 Å². The number of rotatable bonds is 42. The quantitative estimate of drug-likeness (QED) is 0.0386. The molecule has 0 radical (unpaired) electrons. The summed E-state index contributed by atoms with van der Waals surface area (Å²) in [7, 11) is 0. The first-order valence-corrected chi connectivity index (χ1v) is 22.7. The van der Waals surface area contributed by atoms with Crippen molar-refractivity contribution in [2.45, 2.75) is 258 Å². The number of carbonyl (C=O) groups excluding carboxylic acids is 2. The van der Waals surface area contributed by atoms with Crippen molar-refractivity contribution in [3.63, 3.8) is 0 Å². The van der Waals surface area contributed by atoms with Gasteiger partial charge in [0, 0.05) is 12.8 Å². The lowest BCUT2D eigenvalue weighted by Crippen LogP contribution is -2.28. The van der Waals surface area contributed by atoms with E-state index in [2.05, 4.69) is 26.0 Å². The van der Waals surface area contributed by atoms with Gasteiger partial charge in [-0.15, -0.1) is 0 Å². The Labute approximate surface area is 318 Å². The molecule has 0 saturated heterocycles. The number of allylic oxidation sites excluding steroid dienone is 2. The smallest absolute Gasteiger partial charge is 0.306 e. The third kappa shape index (κ3) is 41.3. The van der Waals surface area contributed by atoms with Gasteiger partial charge in [0.2, 0.25) is 0 Å². The maximum absolute atomic E-state index is 12.2. The van der Waals surface area contributed by atoms with Crippen LogP contribution in [0.5, 0.6) is 0 Å². The number of ether oxygens (including phenoxy) is 2. The Kier molecular flexibility index (Phi) is 41.9. The van der Waals surface area contributed by atoms with Gasteiger partial charge in [0.1, 0.15) is 6.61 Å². The molecule has 1 N–H and O–H groups in total. The lowest BCUT2D eigenvalue weighted by atomic mass is 10.0. The molecule has 0 aliphatic heterocycles. The fourth-order valence-electron chi connectivity index (χ4n) is 6.85. The first-order valence-electron chi connectivity index (χ1n) is 22.7. The molecule has 51 heavy (non-hydrogen) atoms. The molecule has 0 spiro atoms. The first-order chi connectivity index (χ1) is 25.1. The van der Waals surface area contributed by atoms with Crippen LogP contribution in [0, 0.1) is 0 Å². The Morgan fingerprint density at radius 2 is 0.725 bits per heavy atom. The summed E-state index contributed by atoms with van der Waals surface area (Å²) in [6.07, 6.45) is 50.0. The molecule has 302 valence electrons. The van der Waals surface area contributed by atoms with Crippen LogP contribution < -0.4 is 0 Å².